The summed E-state index contributed by atoms with van der Waals surface area (Å²) in [6, 6.07) is 11.8. The Morgan fingerprint density at radius 2 is 1.93 bits per heavy atom. The molecule has 29 heavy (non-hydrogen) atoms. The number of nitrogens with zero attached hydrogens (tertiary/aromatic N) is 1. The zero-order chi connectivity index (χ0) is 21.0. The maximum absolute atomic E-state index is 12.6. The number of hydrogen-bond donors (Lipinski definition) is 1. The fourth-order valence-electron chi connectivity index (χ4n) is 2.64. The molecule has 0 radical (unpaired) electrons. The lowest BCUT2D eigenvalue weighted by Crippen LogP contribution is -2.26. The molecule has 2 aromatic carbocycles. The first kappa shape index (κ1) is 21.4. The number of ether oxygens (including phenoxy) is 1. The summed E-state index contributed by atoms with van der Waals surface area (Å²) in [4.78, 5) is 16.4. The molecule has 0 fully saturated rings. The minimum absolute atomic E-state index is 0.0173. The lowest BCUT2D eigenvalue weighted by molar-refractivity contribution is 0.0599. The number of carbonyl (C=O) groups excluding carboxylic acids is 1. The molecule has 0 unspecified atom stereocenters. The molecule has 0 saturated carbocycles. The molecule has 1 heterocycles. The summed E-state index contributed by atoms with van der Waals surface area (Å²) in [5.41, 5.74) is 2.62. The summed E-state index contributed by atoms with van der Waals surface area (Å²) in [7, 11) is -2.50. The Morgan fingerprint density at radius 3 is 2.62 bits per heavy atom. The van der Waals surface area contributed by atoms with Crippen LogP contribution in [0.5, 0.6) is 0 Å². The van der Waals surface area contributed by atoms with Crippen LogP contribution in [-0.4, -0.2) is 33.0 Å². The van der Waals surface area contributed by atoms with Crippen molar-refractivity contribution in [2.75, 3.05) is 13.7 Å². The van der Waals surface area contributed by atoms with Crippen LogP contribution in [0.2, 0.25) is 5.02 Å². The summed E-state index contributed by atoms with van der Waals surface area (Å²) < 4.78 is 32.4. The molecule has 0 saturated heterocycles. The molecule has 6 nitrogen and oxygen atoms in total. The number of aryl methyl sites for hydroxylation is 1. The molecule has 1 aromatic heterocycles. The number of rotatable bonds is 7. The summed E-state index contributed by atoms with van der Waals surface area (Å²) in [6.07, 6.45) is 0.443. The third kappa shape index (κ3) is 5.22. The molecule has 0 aliphatic carbocycles. The van der Waals surface area contributed by atoms with Crippen LogP contribution in [-0.2, 0) is 21.2 Å². The molecule has 9 heteroatoms. The molecule has 0 aliphatic rings. The van der Waals surface area contributed by atoms with Gasteiger partial charge in [0.15, 0.2) is 0 Å². The number of esters is 1. The van der Waals surface area contributed by atoms with Crippen molar-refractivity contribution in [2.45, 2.75) is 18.2 Å². The predicted molar refractivity (Wildman–Crippen MR) is 114 cm³/mol. The Morgan fingerprint density at radius 1 is 1.21 bits per heavy atom. The van der Waals surface area contributed by atoms with Crippen LogP contribution >= 0.6 is 22.9 Å². The van der Waals surface area contributed by atoms with Gasteiger partial charge >= 0.3 is 5.97 Å². The van der Waals surface area contributed by atoms with Gasteiger partial charge in [0, 0.05) is 28.9 Å². The van der Waals surface area contributed by atoms with Crippen molar-refractivity contribution in [3.05, 3.63) is 69.7 Å². The molecule has 0 bridgehead atoms. The van der Waals surface area contributed by atoms with Gasteiger partial charge in [-0.15, -0.1) is 11.3 Å². The molecule has 1 N–H and O–H groups in total. The number of aromatic nitrogens is 1. The Bertz CT molecular complexity index is 1130. The number of carbonyl (C=O) groups is 1. The minimum Gasteiger partial charge on any atom is -0.465 e. The first-order valence-corrected chi connectivity index (χ1v) is 11.4. The molecular weight excluding hydrogens is 432 g/mol. The van der Waals surface area contributed by atoms with Gasteiger partial charge in [0.2, 0.25) is 10.0 Å². The minimum atomic E-state index is -3.76. The zero-order valence-electron chi connectivity index (χ0n) is 15.8. The van der Waals surface area contributed by atoms with Crippen LogP contribution in [0.25, 0.3) is 10.6 Å². The average Bonchev–Trinajstić information content (AvgIpc) is 3.17. The van der Waals surface area contributed by atoms with Crippen molar-refractivity contribution < 1.29 is 17.9 Å². The first-order valence-electron chi connectivity index (χ1n) is 8.69. The fraction of sp³-hybridized carbons (Fsp3) is 0.200. The normalized spacial score (nSPS) is 11.4. The molecule has 0 amide bonds. The van der Waals surface area contributed by atoms with Crippen molar-refractivity contribution in [3.63, 3.8) is 0 Å². The number of methoxy groups -OCH3 is 1. The van der Waals surface area contributed by atoms with E-state index in [0.717, 1.165) is 16.3 Å². The standard InChI is InChI=1S/C20H19ClN2O4S2/c1-13-3-8-17(11-18(13)20(24)27-2)29(25,26)22-10-9-16-12-28-19(23-16)14-4-6-15(21)7-5-14/h3-8,11-12,22H,9-10H2,1-2H3. The molecule has 0 aliphatic heterocycles. The summed E-state index contributed by atoms with van der Waals surface area (Å²) in [6.45, 7) is 1.91. The van der Waals surface area contributed by atoms with Crippen LogP contribution < -0.4 is 4.72 Å². The van der Waals surface area contributed by atoms with Gasteiger partial charge in [-0.1, -0.05) is 29.8 Å². The fourth-order valence-corrected chi connectivity index (χ4v) is 4.69. The molecular formula is C20H19ClN2O4S2. The van der Waals surface area contributed by atoms with Crippen molar-refractivity contribution in [2.24, 2.45) is 0 Å². The molecule has 3 aromatic rings. The maximum Gasteiger partial charge on any atom is 0.338 e. The van der Waals surface area contributed by atoms with Gasteiger partial charge in [-0.05, 0) is 36.8 Å². The van der Waals surface area contributed by atoms with Gasteiger partial charge in [-0.2, -0.15) is 0 Å². The van der Waals surface area contributed by atoms with Gasteiger partial charge in [0.05, 0.1) is 23.3 Å². The SMILES string of the molecule is COC(=O)c1cc(S(=O)(=O)NCCc2csc(-c3ccc(Cl)cc3)n2)ccc1C. The van der Waals surface area contributed by atoms with E-state index in [1.54, 1.807) is 25.1 Å². The van der Waals surface area contributed by atoms with E-state index in [4.69, 9.17) is 16.3 Å². The number of hydrogen-bond acceptors (Lipinski definition) is 6. The van der Waals surface area contributed by atoms with E-state index in [-0.39, 0.29) is 17.0 Å². The highest BCUT2D eigenvalue weighted by Crippen LogP contribution is 2.25. The van der Waals surface area contributed by atoms with Crippen molar-refractivity contribution in [3.8, 4) is 10.6 Å². The Balaban J connectivity index is 1.66. The Labute approximate surface area is 178 Å². The highest BCUT2D eigenvalue weighted by atomic mass is 35.5. The van der Waals surface area contributed by atoms with Crippen molar-refractivity contribution in [1.82, 2.24) is 9.71 Å². The van der Waals surface area contributed by atoms with E-state index in [9.17, 15) is 13.2 Å². The van der Waals surface area contributed by atoms with Crippen molar-refractivity contribution >= 4 is 38.9 Å². The van der Waals surface area contributed by atoms with Crippen molar-refractivity contribution in [1.29, 1.82) is 0 Å². The highest BCUT2D eigenvalue weighted by molar-refractivity contribution is 7.89. The number of halogens is 1. The van der Waals surface area contributed by atoms with E-state index in [0.29, 0.717) is 17.0 Å². The highest BCUT2D eigenvalue weighted by Gasteiger charge is 2.18. The molecule has 0 atom stereocenters. The third-order valence-corrected chi connectivity index (χ3v) is 6.89. The number of nitrogens with one attached hydrogen (secondary N) is 1. The largest absolute Gasteiger partial charge is 0.465 e. The topological polar surface area (TPSA) is 85.4 Å². The lowest BCUT2D eigenvalue weighted by Gasteiger charge is -2.09. The van der Waals surface area contributed by atoms with Gasteiger partial charge in [-0.3, -0.25) is 0 Å². The van der Waals surface area contributed by atoms with Crippen LogP contribution in [0.15, 0.2) is 52.7 Å². The number of sulfonamides is 1. The second kappa shape index (κ2) is 9.04. The summed E-state index contributed by atoms with van der Waals surface area (Å²) in [5.74, 6) is -0.572. The van der Waals surface area contributed by atoms with Crippen LogP contribution in [0.4, 0.5) is 0 Å². The zero-order valence-corrected chi connectivity index (χ0v) is 18.2. The number of benzene rings is 2. The quantitative estimate of drug-likeness (QED) is 0.548. The van der Waals surface area contributed by atoms with E-state index in [1.807, 2.05) is 17.5 Å². The predicted octanol–water partition coefficient (Wildman–Crippen LogP) is 4.08. The van der Waals surface area contributed by atoms with Crippen LogP contribution in [0.3, 0.4) is 0 Å². The maximum atomic E-state index is 12.6. The van der Waals surface area contributed by atoms with E-state index >= 15 is 0 Å². The third-order valence-electron chi connectivity index (χ3n) is 4.24. The average molecular weight is 451 g/mol. The lowest BCUT2D eigenvalue weighted by atomic mass is 10.1. The van der Waals surface area contributed by atoms with Gasteiger partial charge in [0.1, 0.15) is 5.01 Å². The monoisotopic (exact) mass is 450 g/mol. The first-order chi connectivity index (χ1) is 13.8. The second-order valence-corrected chi connectivity index (χ2v) is 9.33. The number of thiazole rings is 1. The second-order valence-electron chi connectivity index (χ2n) is 6.27. The molecule has 3 rings (SSSR count). The van der Waals surface area contributed by atoms with Gasteiger partial charge in [-0.25, -0.2) is 22.9 Å². The molecule has 152 valence electrons. The summed E-state index contributed by atoms with van der Waals surface area (Å²) in [5, 5.41) is 3.41. The Kier molecular flexibility index (Phi) is 6.69. The van der Waals surface area contributed by atoms with Gasteiger partial charge in [0.25, 0.3) is 0 Å². The van der Waals surface area contributed by atoms with E-state index in [1.165, 1.54) is 30.6 Å². The molecule has 0 spiro atoms. The smallest absolute Gasteiger partial charge is 0.338 e. The van der Waals surface area contributed by atoms with E-state index in [2.05, 4.69) is 9.71 Å². The van der Waals surface area contributed by atoms with Crippen LogP contribution in [0, 0.1) is 6.92 Å². The Hall–Kier alpha value is -2.26. The summed E-state index contributed by atoms with van der Waals surface area (Å²) >= 11 is 7.39. The van der Waals surface area contributed by atoms with Crippen LogP contribution in [0.1, 0.15) is 21.6 Å². The van der Waals surface area contributed by atoms with E-state index < -0.39 is 16.0 Å². The van der Waals surface area contributed by atoms with Gasteiger partial charge < -0.3 is 4.74 Å².